The average Bonchev–Trinajstić information content (AvgIpc) is 3.05. The van der Waals surface area contributed by atoms with Crippen LogP contribution < -0.4 is 0 Å². The number of hydrogen-bond donors (Lipinski definition) is 0. The van der Waals surface area contributed by atoms with Crippen LogP contribution in [0.25, 0.3) is 34.0 Å². The predicted octanol–water partition coefficient (Wildman–Crippen LogP) is 9.96. The van der Waals surface area contributed by atoms with Crippen molar-refractivity contribution in [3.8, 4) is 34.6 Å². The highest BCUT2D eigenvalue weighted by atomic mass is 14.9. The number of hydrogen-bond acceptors (Lipinski definition) is 1. The minimum absolute atomic E-state index is 0.594. The van der Waals surface area contributed by atoms with E-state index >= 15 is 0 Å². The highest BCUT2D eigenvalue weighted by Crippen LogP contribution is 2.29. The highest BCUT2D eigenvalue weighted by Gasteiger charge is 2.12. The molecule has 0 bridgehead atoms. The van der Waals surface area contributed by atoms with Gasteiger partial charge in [0, 0.05) is 16.8 Å². The SMILES string of the molecule is C#Cc1cccc(-c2cccc(C(=N/C(=C)c3ccc(-c4ccccc4)cc3)/N=C(\C)c3ccccc3)c2)c1/C=C\C. The topological polar surface area (TPSA) is 24.7 Å². The molecule has 0 saturated heterocycles. The zero-order valence-corrected chi connectivity index (χ0v) is 24.0. The lowest BCUT2D eigenvalue weighted by molar-refractivity contribution is 1.43. The molecule has 2 nitrogen and oxygen atoms in total. The molecule has 0 aliphatic rings. The zero-order valence-electron chi connectivity index (χ0n) is 24.0. The van der Waals surface area contributed by atoms with Crippen LogP contribution in [0.2, 0.25) is 0 Å². The number of nitrogens with zero attached hydrogens (tertiary/aromatic N) is 2. The van der Waals surface area contributed by atoms with Gasteiger partial charge in [-0.2, -0.15) is 0 Å². The van der Waals surface area contributed by atoms with E-state index in [1.54, 1.807) is 0 Å². The van der Waals surface area contributed by atoms with Crippen molar-refractivity contribution >= 4 is 23.3 Å². The van der Waals surface area contributed by atoms with Crippen molar-refractivity contribution in [3.63, 3.8) is 0 Å². The molecule has 0 N–H and O–H groups in total. The van der Waals surface area contributed by atoms with Crippen LogP contribution in [0.3, 0.4) is 0 Å². The Labute approximate surface area is 249 Å². The predicted molar refractivity (Wildman–Crippen MR) is 181 cm³/mol. The Morgan fingerprint density at radius 1 is 0.667 bits per heavy atom. The van der Waals surface area contributed by atoms with Gasteiger partial charge in [-0.25, -0.2) is 9.98 Å². The molecule has 5 aromatic rings. The van der Waals surface area contributed by atoms with Crippen molar-refractivity contribution in [3.05, 3.63) is 168 Å². The van der Waals surface area contributed by atoms with E-state index in [0.29, 0.717) is 11.5 Å². The number of aliphatic imine (C=N–C) groups is 2. The van der Waals surface area contributed by atoms with Gasteiger partial charge in [0.2, 0.25) is 0 Å². The Morgan fingerprint density at radius 3 is 1.98 bits per heavy atom. The van der Waals surface area contributed by atoms with Crippen molar-refractivity contribution in [2.45, 2.75) is 13.8 Å². The maximum Gasteiger partial charge on any atom is 0.160 e. The second kappa shape index (κ2) is 13.2. The van der Waals surface area contributed by atoms with Crippen LogP contribution >= 0.6 is 0 Å². The van der Waals surface area contributed by atoms with Gasteiger partial charge in [-0.1, -0.05) is 140 Å². The van der Waals surface area contributed by atoms with E-state index in [4.69, 9.17) is 16.4 Å². The highest BCUT2D eigenvalue weighted by molar-refractivity contribution is 6.13. The standard InChI is InChI=1S/C40H32N2/c1-5-15-38-31(6-2)20-14-23-39(38)36-21-13-22-37(28-36)40(41-29(3)32-16-9-7-10-17-32)42-30(4)33-24-26-35(27-25-33)34-18-11-8-12-19-34/h2,5,7-28H,4H2,1,3H3/b15-5-,41-29+,42-40-. The molecule has 0 aliphatic carbocycles. The number of terminal acetylenes is 1. The average molecular weight is 541 g/mol. The van der Waals surface area contributed by atoms with Gasteiger partial charge >= 0.3 is 0 Å². The first-order valence-corrected chi connectivity index (χ1v) is 13.9. The van der Waals surface area contributed by atoms with E-state index in [9.17, 15) is 0 Å². The first kappa shape index (κ1) is 28.0. The van der Waals surface area contributed by atoms with Crippen molar-refractivity contribution < 1.29 is 0 Å². The van der Waals surface area contributed by atoms with Gasteiger partial charge in [0.1, 0.15) is 0 Å². The molecule has 0 spiro atoms. The Morgan fingerprint density at radius 2 is 1.29 bits per heavy atom. The molecule has 0 atom stereocenters. The smallest absolute Gasteiger partial charge is 0.160 e. The first-order valence-electron chi connectivity index (χ1n) is 13.9. The Balaban J connectivity index is 1.58. The summed E-state index contributed by atoms with van der Waals surface area (Å²) in [4.78, 5) is 10.0. The number of rotatable bonds is 7. The molecule has 2 heteroatoms. The van der Waals surface area contributed by atoms with E-state index in [2.05, 4.69) is 85.3 Å². The molecule has 0 aliphatic heterocycles. The quantitative estimate of drug-likeness (QED) is 0.111. The molecule has 5 aromatic carbocycles. The minimum atomic E-state index is 0.594. The van der Waals surface area contributed by atoms with Crippen LogP contribution in [0.4, 0.5) is 0 Å². The Hall–Kier alpha value is -5.52. The van der Waals surface area contributed by atoms with Gasteiger partial charge in [0.25, 0.3) is 0 Å². The fraction of sp³-hybridized carbons (Fsp3) is 0.0500. The maximum absolute atomic E-state index is 5.84. The summed E-state index contributed by atoms with van der Waals surface area (Å²) in [6.07, 6.45) is 9.91. The zero-order chi connectivity index (χ0) is 29.3. The van der Waals surface area contributed by atoms with Crippen molar-refractivity contribution in [1.29, 1.82) is 0 Å². The van der Waals surface area contributed by atoms with Gasteiger partial charge in [-0.15, -0.1) is 6.42 Å². The van der Waals surface area contributed by atoms with E-state index in [1.165, 1.54) is 5.56 Å². The van der Waals surface area contributed by atoms with Crippen LogP contribution in [0.1, 0.15) is 41.7 Å². The summed E-state index contributed by atoms with van der Waals surface area (Å²) >= 11 is 0. The van der Waals surface area contributed by atoms with E-state index in [0.717, 1.165) is 50.2 Å². The van der Waals surface area contributed by atoms with E-state index < -0.39 is 0 Å². The minimum Gasteiger partial charge on any atom is -0.233 e. The molecule has 0 amide bonds. The summed E-state index contributed by atoms with van der Waals surface area (Å²) in [5.41, 5.74) is 10.7. The first-order chi connectivity index (χ1) is 20.6. The summed E-state index contributed by atoms with van der Waals surface area (Å²) in [7, 11) is 0. The monoisotopic (exact) mass is 540 g/mol. The molecular formula is C40H32N2. The summed E-state index contributed by atoms with van der Waals surface area (Å²) in [5, 5.41) is 0. The van der Waals surface area contributed by atoms with Crippen LogP contribution in [0.15, 0.2) is 150 Å². The van der Waals surface area contributed by atoms with Gasteiger partial charge in [0.15, 0.2) is 5.84 Å². The molecule has 5 rings (SSSR count). The molecule has 0 heterocycles. The lowest BCUT2D eigenvalue weighted by Crippen LogP contribution is -2.04. The Bertz CT molecular complexity index is 1830. The summed E-state index contributed by atoms with van der Waals surface area (Å²) in [5.74, 6) is 3.42. The molecule has 0 aromatic heterocycles. The van der Waals surface area contributed by atoms with Crippen LogP contribution in [-0.4, -0.2) is 11.5 Å². The third kappa shape index (κ3) is 6.44. The lowest BCUT2D eigenvalue weighted by Gasteiger charge is -2.12. The summed E-state index contributed by atoms with van der Waals surface area (Å²) in [6.45, 7) is 8.33. The third-order valence-electron chi connectivity index (χ3n) is 7.06. The molecule has 0 unspecified atom stereocenters. The van der Waals surface area contributed by atoms with Gasteiger partial charge < -0.3 is 0 Å². The van der Waals surface area contributed by atoms with Crippen molar-refractivity contribution in [2.75, 3.05) is 0 Å². The largest absolute Gasteiger partial charge is 0.233 e. The van der Waals surface area contributed by atoms with Gasteiger partial charge in [0.05, 0.1) is 5.70 Å². The summed E-state index contributed by atoms with van der Waals surface area (Å²) in [6, 6.07) is 43.1. The molecular weight excluding hydrogens is 508 g/mol. The lowest BCUT2D eigenvalue weighted by atomic mass is 9.94. The van der Waals surface area contributed by atoms with Gasteiger partial charge in [-0.05, 0) is 64.9 Å². The molecule has 42 heavy (non-hydrogen) atoms. The Kier molecular flexibility index (Phi) is 8.82. The van der Waals surface area contributed by atoms with Crippen molar-refractivity contribution in [1.82, 2.24) is 0 Å². The molecule has 202 valence electrons. The second-order valence-electron chi connectivity index (χ2n) is 9.88. The van der Waals surface area contributed by atoms with Crippen LogP contribution in [0, 0.1) is 12.3 Å². The van der Waals surface area contributed by atoms with Crippen LogP contribution in [0.5, 0.6) is 0 Å². The van der Waals surface area contributed by atoms with E-state index in [-0.39, 0.29) is 0 Å². The van der Waals surface area contributed by atoms with E-state index in [1.807, 2.05) is 80.6 Å². The van der Waals surface area contributed by atoms with Crippen molar-refractivity contribution in [2.24, 2.45) is 9.98 Å². The van der Waals surface area contributed by atoms with Crippen LogP contribution in [-0.2, 0) is 0 Å². The molecule has 0 radical (unpaired) electrons. The fourth-order valence-electron chi connectivity index (χ4n) is 4.85. The summed E-state index contributed by atoms with van der Waals surface area (Å²) < 4.78 is 0. The van der Waals surface area contributed by atoms with Gasteiger partial charge in [-0.3, -0.25) is 0 Å². The second-order valence-corrected chi connectivity index (χ2v) is 9.88. The molecule has 0 fully saturated rings. The number of allylic oxidation sites excluding steroid dienone is 1. The maximum atomic E-state index is 5.84. The number of amidine groups is 1. The number of benzene rings is 5. The normalized spacial score (nSPS) is 11.8. The third-order valence-corrected chi connectivity index (χ3v) is 7.06. The molecule has 0 saturated carbocycles. The fourth-order valence-corrected chi connectivity index (χ4v) is 4.85.